The summed E-state index contributed by atoms with van der Waals surface area (Å²) in [6.45, 7) is 0. The maximum Gasteiger partial charge on any atom is 2.00 e. The molecule has 37 heavy (non-hydrogen) atoms. The van der Waals surface area contributed by atoms with E-state index in [4.69, 9.17) is 11.1 Å². The number of fused-ring (bicyclic) bond motifs is 5. The Labute approximate surface area is 255 Å². The molecule has 0 aliphatic heterocycles. The second-order valence-electron chi connectivity index (χ2n) is 9.32. The van der Waals surface area contributed by atoms with Crippen LogP contribution in [-0.2, 0) is 26.2 Å². The molecule has 2 atom stereocenters. The summed E-state index contributed by atoms with van der Waals surface area (Å²) in [5, 5.41) is 5.35. The molecule has 3 aliphatic rings. The molecule has 5 heteroatoms. The number of allylic oxidation sites excluding steroid dienone is 4. The van der Waals surface area contributed by atoms with Gasteiger partial charge in [-0.25, -0.2) is 0 Å². The first-order chi connectivity index (χ1) is 16.8. The van der Waals surface area contributed by atoms with Crippen molar-refractivity contribution >= 4 is 34.4 Å². The second kappa shape index (κ2) is 11.0. The largest absolute Gasteiger partial charge is 2.00 e. The molecule has 4 aromatic carbocycles. The number of hydrogen-bond donors (Lipinski definition) is 0. The molecule has 0 N–H and O–H groups in total. The molecule has 0 amide bonds. The molecule has 180 valence electrons. The summed E-state index contributed by atoms with van der Waals surface area (Å²) in [4.78, 5) is 0. The van der Waals surface area contributed by atoms with Crippen molar-refractivity contribution in [2.75, 3.05) is 0 Å². The minimum atomic E-state index is -2.84. The normalized spacial score (nSPS) is 17.8. The molecule has 0 bridgehead atoms. The molecule has 0 saturated heterocycles. The zero-order valence-corrected chi connectivity index (χ0v) is 25.6. The van der Waals surface area contributed by atoms with Crippen LogP contribution in [0.2, 0.25) is 0 Å². The predicted octanol–water partition coefficient (Wildman–Crippen LogP) is -0.268. The fourth-order valence-corrected chi connectivity index (χ4v) is 12.4. The van der Waals surface area contributed by atoms with Gasteiger partial charge in [-0.3, -0.25) is 0 Å². The van der Waals surface area contributed by atoms with Crippen LogP contribution in [0.5, 0.6) is 0 Å². The molecule has 0 heterocycles. The summed E-state index contributed by atoms with van der Waals surface area (Å²) in [5.74, 6) is 0.215. The Morgan fingerprint density at radius 1 is 0.595 bits per heavy atom. The molecular weight excluding hydrogens is 610 g/mol. The van der Waals surface area contributed by atoms with Gasteiger partial charge in [0.15, 0.2) is 0 Å². The third kappa shape index (κ3) is 4.13. The van der Waals surface area contributed by atoms with Crippen molar-refractivity contribution in [2.24, 2.45) is 5.92 Å². The van der Waals surface area contributed by atoms with Gasteiger partial charge >= 0.3 is 26.2 Å². The number of hydrogen-bond acceptors (Lipinski definition) is 0. The Morgan fingerprint density at radius 2 is 1.14 bits per heavy atom. The first-order valence-electron chi connectivity index (χ1n) is 11.9. The van der Waals surface area contributed by atoms with Crippen LogP contribution in [0.15, 0.2) is 127 Å². The Hall–Kier alpha value is -1.93. The molecule has 4 aromatic rings. The maximum atomic E-state index is 8.31. The quantitative estimate of drug-likeness (QED) is 0.216. The third-order valence-electron chi connectivity index (χ3n) is 7.68. The summed E-state index contributed by atoms with van der Waals surface area (Å²) in [6.07, 6.45) is 8.98. The Bertz CT molecular complexity index is 1600. The fourth-order valence-electron chi connectivity index (χ4n) is 6.35. The van der Waals surface area contributed by atoms with Crippen LogP contribution in [0.4, 0.5) is 0 Å². The molecule has 0 aromatic heterocycles. The average molecular weight is 633 g/mol. The zero-order valence-electron chi connectivity index (χ0n) is 19.9. The van der Waals surface area contributed by atoms with Crippen molar-refractivity contribution < 1.29 is 51.0 Å². The fraction of sp³-hybridized carbons (Fsp3) is 0.0625. The van der Waals surface area contributed by atoms with Crippen molar-refractivity contribution in [2.45, 2.75) is 5.54 Å². The van der Waals surface area contributed by atoms with Crippen LogP contribution in [-0.4, -0.2) is 7.38 Å². The van der Waals surface area contributed by atoms with E-state index in [0.717, 1.165) is 0 Å². The summed E-state index contributed by atoms with van der Waals surface area (Å²) in [5.41, 5.74) is 6.90. The van der Waals surface area contributed by atoms with E-state index in [9.17, 15) is 0 Å². The molecule has 3 aliphatic carbocycles. The topological polar surface area (TPSA) is 0 Å². The van der Waals surface area contributed by atoms with Crippen LogP contribution in [0.1, 0.15) is 16.7 Å². The maximum absolute atomic E-state index is 8.31. The van der Waals surface area contributed by atoms with Crippen molar-refractivity contribution in [3.63, 3.8) is 0 Å². The molecule has 0 spiro atoms. The standard InChI is InChI=1S/C32H23ClSi.2ClH.Zr/c33-34(22-12-2-1-3-13-22,31-27-18-8-4-14-23(27)24-15-5-9-19-28(24)31)32-29-20-10-6-16-25(29)26-17-7-11-21-30(26)32;;;/h1-21,27,32H;2*1H;/q;;;+2/p-2. The summed E-state index contributed by atoms with van der Waals surface area (Å²) in [6, 6.07) is 37.6. The van der Waals surface area contributed by atoms with Gasteiger partial charge in [0.25, 0.3) is 0 Å². The van der Waals surface area contributed by atoms with Gasteiger partial charge in [-0.1, -0.05) is 127 Å². The van der Waals surface area contributed by atoms with E-state index in [1.54, 1.807) is 0 Å². The predicted molar refractivity (Wildman–Crippen MR) is 146 cm³/mol. The van der Waals surface area contributed by atoms with Gasteiger partial charge in [0, 0.05) is 11.5 Å². The average Bonchev–Trinajstić information content (AvgIpc) is 3.43. The summed E-state index contributed by atoms with van der Waals surface area (Å²) >= 11 is 8.31. The van der Waals surface area contributed by atoms with Crippen molar-refractivity contribution in [3.8, 4) is 11.1 Å². The molecule has 0 fully saturated rings. The molecule has 7 rings (SSSR count). The first kappa shape index (κ1) is 28.1. The van der Waals surface area contributed by atoms with Crippen LogP contribution >= 0.6 is 11.1 Å². The van der Waals surface area contributed by atoms with Gasteiger partial charge in [0.05, 0.1) is 0 Å². The number of halogens is 3. The summed E-state index contributed by atoms with van der Waals surface area (Å²) < 4.78 is 0. The minimum absolute atomic E-state index is 0. The van der Waals surface area contributed by atoms with Crippen molar-refractivity contribution in [3.05, 3.63) is 149 Å². The molecule has 0 saturated carbocycles. The first-order valence-corrected chi connectivity index (χ1v) is 15.0. The van der Waals surface area contributed by atoms with Crippen LogP contribution in [0.25, 0.3) is 21.9 Å². The third-order valence-corrected chi connectivity index (χ3v) is 13.6. The monoisotopic (exact) mass is 630 g/mol. The molecule has 0 nitrogen and oxygen atoms in total. The molecule has 0 radical (unpaired) electrons. The second-order valence-corrected chi connectivity index (χ2v) is 14.2. The zero-order chi connectivity index (χ0) is 22.7. The van der Waals surface area contributed by atoms with E-state index in [-0.39, 0.29) is 62.5 Å². The number of rotatable bonds is 3. The van der Waals surface area contributed by atoms with Gasteiger partial charge in [-0.2, -0.15) is 11.1 Å². The molecular formula is C32H23Cl3SiZr. The van der Waals surface area contributed by atoms with Gasteiger partial charge in [-0.15, -0.1) is 0 Å². The smallest absolute Gasteiger partial charge is 1.00 e. The molecule has 2 unspecified atom stereocenters. The minimum Gasteiger partial charge on any atom is -1.00 e. The van der Waals surface area contributed by atoms with Gasteiger partial charge < -0.3 is 24.8 Å². The van der Waals surface area contributed by atoms with E-state index in [2.05, 4.69) is 127 Å². The van der Waals surface area contributed by atoms with E-state index >= 15 is 0 Å². The van der Waals surface area contributed by atoms with E-state index in [1.807, 2.05) is 0 Å². The van der Waals surface area contributed by atoms with Gasteiger partial charge in [0.1, 0.15) is 0 Å². The Kier molecular flexibility index (Phi) is 8.39. The summed E-state index contributed by atoms with van der Waals surface area (Å²) in [7, 11) is -2.84. The van der Waals surface area contributed by atoms with Crippen LogP contribution in [0.3, 0.4) is 0 Å². The van der Waals surface area contributed by atoms with E-state index in [0.29, 0.717) is 0 Å². The van der Waals surface area contributed by atoms with Crippen molar-refractivity contribution in [1.82, 2.24) is 0 Å². The Balaban J connectivity index is 0.00000107. The van der Waals surface area contributed by atoms with E-state index < -0.39 is 7.38 Å². The van der Waals surface area contributed by atoms with Crippen LogP contribution in [0, 0.1) is 5.92 Å². The Morgan fingerprint density at radius 3 is 1.78 bits per heavy atom. The SMILES string of the molecule is Cl[Si](C1=c2ccccc2=C2C=CC=CC21)(c1ccccc1)C1c2ccccc2-c2ccccc21.[Cl-].[Cl-].[Zr+2]. The van der Waals surface area contributed by atoms with Gasteiger partial charge in [-0.05, 0) is 48.6 Å². The van der Waals surface area contributed by atoms with Crippen LogP contribution < -0.4 is 40.4 Å². The van der Waals surface area contributed by atoms with Crippen molar-refractivity contribution in [1.29, 1.82) is 0 Å². The van der Waals surface area contributed by atoms with Gasteiger partial charge in [0.2, 0.25) is 7.38 Å². The number of benzene rings is 4. The van der Waals surface area contributed by atoms with E-state index in [1.165, 1.54) is 48.6 Å².